The molecule has 8 nitrogen and oxygen atoms in total. The van der Waals surface area contributed by atoms with Gasteiger partial charge in [-0.15, -0.1) is 0 Å². The summed E-state index contributed by atoms with van der Waals surface area (Å²) in [5.74, 6) is -0.612. The summed E-state index contributed by atoms with van der Waals surface area (Å²) in [6.45, 7) is -0.872. The van der Waals surface area contributed by atoms with Crippen LogP contribution in [0.5, 0.6) is 11.5 Å². The number of ether oxygens (including phenoxy) is 2. The molecule has 0 amide bonds. The van der Waals surface area contributed by atoms with Crippen molar-refractivity contribution in [1.82, 2.24) is 0 Å². The van der Waals surface area contributed by atoms with Crippen LogP contribution in [0.1, 0.15) is 27.0 Å². The van der Waals surface area contributed by atoms with Crippen LogP contribution in [0.25, 0.3) is 0 Å². The minimum atomic E-state index is -5.10. The third kappa shape index (κ3) is 5.64. The van der Waals surface area contributed by atoms with Gasteiger partial charge in [-0.05, 0) is 29.8 Å². The number of methoxy groups -OCH3 is 1. The van der Waals surface area contributed by atoms with E-state index >= 15 is 0 Å². The fourth-order valence-corrected chi connectivity index (χ4v) is 2.66. The molecule has 10 heteroatoms. The van der Waals surface area contributed by atoms with Gasteiger partial charge in [0.1, 0.15) is 18.1 Å². The number of hydrogen-bond donors (Lipinski definition) is 2. The highest BCUT2D eigenvalue weighted by Gasteiger charge is 2.16. The van der Waals surface area contributed by atoms with Crippen molar-refractivity contribution in [3.63, 3.8) is 0 Å². The first-order valence-electron chi connectivity index (χ1n) is 7.59. The highest BCUT2D eigenvalue weighted by atomic mass is 32.3. The molecule has 0 bridgehead atoms. The van der Waals surface area contributed by atoms with E-state index in [1.807, 2.05) is 0 Å². The Bertz CT molecular complexity index is 884. The Hall–Kier alpha value is -2.69. The first kappa shape index (κ1) is 20.6. The maximum Gasteiger partial charge on any atom is 0.488 e. The summed E-state index contributed by atoms with van der Waals surface area (Å²) >= 11 is 0. The van der Waals surface area contributed by atoms with Gasteiger partial charge in [-0.1, -0.05) is 16.0 Å². The van der Waals surface area contributed by atoms with Crippen molar-refractivity contribution in [3.8, 4) is 11.5 Å². The van der Waals surface area contributed by atoms with Crippen molar-refractivity contribution in [2.45, 2.75) is 19.8 Å². The van der Waals surface area contributed by atoms with Gasteiger partial charge >= 0.3 is 16.5 Å². The topological polar surface area (TPSA) is 119 Å². The van der Waals surface area contributed by atoms with Crippen LogP contribution in [-0.2, 0) is 35.1 Å². The Kier molecular flexibility index (Phi) is 6.72. The van der Waals surface area contributed by atoms with Crippen LogP contribution >= 0.6 is 0 Å². The van der Waals surface area contributed by atoms with Gasteiger partial charge in [0, 0.05) is 11.1 Å². The molecule has 2 aromatic rings. The Labute approximate surface area is 155 Å². The third-order valence-corrected chi connectivity index (χ3v) is 3.90. The maximum atomic E-state index is 12.5. The summed E-state index contributed by atoms with van der Waals surface area (Å²) in [7, 11) is -3.89. The van der Waals surface area contributed by atoms with Crippen LogP contribution in [0.15, 0.2) is 36.4 Å². The number of benzene rings is 2. The van der Waals surface area contributed by atoms with E-state index in [1.54, 1.807) is 0 Å². The van der Waals surface area contributed by atoms with Crippen molar-refractivity contribution in [3.05, 3.63) is 58.7 Å². The summed E-state index contributed by atoms with van der Waals surface area (Å²) in [5.41, 5.74) is 1.31. The Morgan fingerprint density at radius 2 is 1.63 bits per heavy atom. The number of rotatable bonds is 8. The van der Waals surface area contributed by atoms with E-state index in [9.17, 15) is 27.3 Å². The Morgan fingerprint density at radius 1 is 1.07 bits per heavy atom. The summed E-state index contributed by atoms with van der Waals surface area (Å²) in [6.07, 6.45) is 0. The van der Waals surface area contributed by atoms with E-state index in [-0.39, 0.29) is 34.8 Å². The second-order valence-electron chi connectivity index (χ2n) is 5.34. The van der Waals surface area contributed by atoms with E-state index in [0.717, 1.165) is 0 Å². The van der Waals surface area contributed by atoms with Gasteiger partial charge < -0.3 is 23.9 Å². The summed E-state index contributed by atoms with van der Waals surface area (Å²) < 4.78 is 47.7. The molecule has 2 aromatic carbocycles. The van der Waals surface area contributed by atoms with Gasteiger partial charge in [0.2, 0.25) is 0 Å². The quantitative estimate of drug-likeness (QED) is 0.507. The van der Waals surface area contributed by atoms with Crippen molar-refractivity contribution in [1.29, 1.82) is 0 Å². The lowest BCUT2D eigenvalue weighted by atomic mass is 10.0. The van der Waals surface area contributed by atoms with Crippen molar-refractivity contribution in [2.24, 2.45) is 0 Å². The van der Waals surface area contributed by atoms with Gasteiger partial charge in [-0.25, -0.2) is 4.79 Å². The number of halogens is 1. The number of aliphatic hydroxyl groups is 2. The van der Waals surface area contributed by atoms with Gasteiger partial charge in [0.05, 0.1) is 25.9 Å². The first-order valence-corrected chi connectivity index (χ1v) is 8.90. The zero-order chi connectivity index (χ0) is 20.0. The van der Waals surface area contributed by atoms with E-state index in [2.05, 4.69) is 8.92 Å². The Morgan fingerprint density at radius 3 is 2.07 bits per heavy atom. The highest BCUT2D eigenvalue weighted by molar-refractivity contribution is 7.81. The monoisotopic (exact) mass is 400 g/mol. The van der Waals surface area contributed by atoms with Crippen molar-refractivity contribution in [2.75, 3.05) is 7.11 Å². The van der Waals surface area contributed by atoms with Crippen molar-refractivity contribution < 1.29 is 41.0 Å². The number of carbonyl (C=O) groups is 1. The second kappa shape index (κ2) is 8.80. The average Bonchev–Trinajstić information content (AvgIpc) is 2.64. The predicted octanol–water partition coefficient (Wildman–Crippen LogP) is 1.63. The summed E-state index contributed by atoms with van der Waals surface area (Å²) in [5, 5.41) is 19.1. The number of aliphatic hydroxyl groups excluding tert-OH is 2. The molecule has 0 aliphatic rings. The van der Waals surface area contributed by atoms with E-state index in [4.69, 9.17) is 4.74 Å². The molecule has 0 spiro atoms. The fraction of sp³-hybridized carbons (Fsp3) is 0.235. The van der Waals surface area contributed by atoms with Gasteiger partial charge in [-0.2, -0.15) is 8.42 Å². The molecule has 0 aromatic heterocycles. The fourth-order valence-electron chi connectivity index (χ4n) is 2.32. The maximum absolute atomic E-state index is 12.5. The number of esters is 1. The summed E-state index contributed by atoms with van der Waals surface area (Å²) in [4.78, 5) is 11.7. The summed E-state index contributed by atoms with van der Waals surface area (Å²) in [6, 6.07) is 8.19. The molecule has 146 valence electrons. The van der Waals surface area contributed by atoms with Crippen LogP contribution in [0, 0.1) is 0 Å². The minimum Gasteiger partial charge on any atom is -0.488 e. The molecule has 0 fully saturated rings. The van der Waals surface area contributed by atoms with E-state index in [1.165, 1.54) is 43.5 Å². The number of carbonyl (C=O) groups excluding carboxylic acids is 1. The molecular weight excluding hydrogens is 383 g/mol. The highest BCUT2D eigenvalue weighted by Crippen LogP contribution is 2.28. The third-order valence-electron chi connectivity index (χ3n) is 3.51. The molecule has 0 saturated heterocycles. The van der Waals surface area contributed by atoms with Crippen LogP contribution < -0.4 is 8.92 Å². The van der Waals surface area contributed by atoms with Gasteiger partial charge in [0.15, 0.2) is 0 Å². The lowest BCUT2D eigenvalue weighted by Gasteiger charge is -2.15. The van der Waals surface area contributed by atoms with Crippen LogP contribution in [0.2, 0.25) is 0 Å². The van der Waals surface area contributed by atoms with Crippen LogP contribution in [0.4, 0.5) is 3.89 Å². The minimum absolute atomic E-state index is 0.000224. The van der Waals surface area contributed by atoms with Gasteiger partial charge in [-0.3, -0.25) is 0 Å². The molecule has 0 saturated carbocycles. The molecule has 0 heterocycles. The smallest absolute Gasteiger partial charge is 0.488 e. The molecule has 0 unspecified atom stereocenters. The van der Waals surface area contributed by atoms with E-state index in [0.29, 0.717) is 5.56 Å². The zero-order valence-corrected chi connectivity index (χ0v) is 15.0. The van der Waals surface area contributed by atoms with Gasteiger partial charge in [0.25, 0.3) is 0 Å². The lowest BCUT2D eigenvalue weighted by Crippen LogP contribution is -2.08. The first-order chi connectivity index (χ1) is 12.8. The lowest BCUT2D eigenvalue weighted by molar-refractivity contribution is 0.0600. The second-order valence-corrected chi connectivity index (χ2v) is 6.29. The Balaban J connectivity index is 2.20. The molecular formula is C17H17FO8S. The predicted molar refractivity (Wildman–Crippen MR) is 91.1 cm³/mol. The number of hydrogen-bond acceptors (Lipinski definition) is 8. The molecule has 0 atom stereocenters. The van der Waals surface area contributed by atoms with Crippen molar-refractivity contribution >= 4 is 16.5 Å². The van der Waals surface area contributed by atoms with E-state index < -0.39 is 29.7 Å². The molecule has 27 heavy (non-hydrogen) atoms. The standard InChI is InChI=1S/C17H17FO8S/c1-24-17(21)12-6-13(8-19)16(14(7-12)9-20)25-10-11-2-4-15(5-3-11)26-27(18,22)23/h2-7,19-20H,8-10H2,1H3. The zero-order valence-electron chi connectivity index (χ0n) is 14.2. The molecule has 2 rings (SSSR count). The molecule has 2 N–H and O–H groups in total. The van der Waals surface area contributed by atoms with Crippen LogP contribution in [0.3, 0.4) is 0 Å². The average molecular weight is 400 g/mol. The molecule has 0 aliphatic heterocycles. The molecule has 0 radical (unpaired) electrons. The largest absolute Gasteiger partial charge is 0.488 e. The SMILES string of the molecule is COC(=O)c1cc(CO)c(OCc2ccc(OS(=O)(=O)F)cc2)c(CO)c1. The van der Waals surface area contributed by atoms with Crippen LogP contribution in [-0.4, -0.2) is 31.7 Å². The molecule has 0 aliphatic carbocycles. The normalized spacial score (nSPS) is 11.1.